The van der Waals surface area contributed by atoms with E-state index < -0.39 is 0 Å². The maximum absolute atomic E-state index is 12.8. The SMILES string of the molecule is C[C@H](SCC(=O)Nc1ccc(F)cc1)C(=O)Nc1ccccc1. The highest BCUT2D eigenvalue weighted by molar-refractivity contribution is 8.01. The molecule has 0 saturated carbocycles. The molecule has 0 saturated heterocycles. The summed E-state index contributed by atoms with van der Waals surface area (Å²) >= 11 is 1.24. The lowest BCUT2D eigenvalue weighted by molar-refractivity contribution is -0.115. The minimum absolute atomic E-state index is 0.140. The number of halogens is 1. The van der Waals surface area contributed by atoms with Gasteiger partial charge in [0.1, 0.15) is 5.82 Å². The summed E-state index contributed by atoms with van der Waals surface area (Å²) in [6.45, 7) is 1.74. The van der Waals surface area contributed by atoms with Crippen molar-refractivity contribution in [2.45, 2.75) is 12.2 Å². The maximum Gasteiger partial charge on any atom is 0.237 e. The maximum atomic E-state index is 12.8. The predicted octanol–water partition coefficient (Wildman–Crippen LogP) is 3.52. The van der Waals surface area contributed by atoms with E-state index in [1.807, 2.05) is 18.2 Å². The molecule has 0 unspecified atom stereocenters. The van der Waals surface area contributed by atoms with Gasteiger partial charge in [0.2, 0.25) is 11.8 Å². The van der Waals surface area contributed by atoms with E-state index in [0.29, 0.717) is 5.69 Å². The Balaban J connectivity index is 1.76. The van der Waals surface area contributed by atoms with Gasteiger partial charge in [0.15, 0.2) is 0 Å². The smallest absolute Gasteiger partial charge is 0.237 e. The molecule has 0 spiro atoms. The summed E-state index contributed by atoms with van der Waals surface area (Å²) in [5.74, 6) is -0.610. The van der Waals surface area contributed by atoms with Gasteiger partial charge in [-0.3, -0.25) is 9.59 Å². The summed E-state index contributed by atoms with van der Waals surface area (Å²) in [7, 11) is 0. The van der Waals surface area contributed by atoms with Crippen LogP contribution in [0.4, 0.5) is 15.8 Å². The van der Waals surface area contributed by atoms with Crippen LogP contribution in [0.2, 0.25) is 0 Å². The first-order chi connectivity index (χ1) is 11.0. The fourth-order valence-corrected chi connectivity index (χ4v) is 2.46. The Labute approximate surface area is 138 Å². The van der Waals surface area contributed by atoms with Crippen molar-refractivity contribution in [3.63, 3.8) is 0 Å². The van der Waals surface area contributed by atoms with Crippen LogP contribution in [-0.4, -0.2) is 22.8 Å². The van der Waals surface area contributed by atoms with Crippen LogP contribution in [0.1, 0.15) is 6.92 Å². The Bertz CT molecular complexity index is 662. The third-order valence-electron chi connectivity index (χ3n) is 3.00. The quantitative estimate of drug-likeness (QED) is 0.851. The molecule has 2 aromatic carbocycles. The van der Waals surface area contributed by atoms with Crippen LogP contribution in [-0.2, 0) is 9.59 Å². The molecule has 120 valence electrons. The molecule has 0 radical (unpaired) electrons. The van der Waals surface area contributed by atoms with Gasteiger partial charge >= 0.3 is 0 Å². The van der Waals surface area contributed by atoms with Crippen molar-refractivity contribution in [2.75, 3.05) is 16.4 Å². The summed E-state index contributed by atoms with van der Waals surface area (Å²) in [5.41, 5.74) is 1.25. The molecule has 2 aromatic rings. The van der Waals surface area contributed by atoms with E-state index in [4.69, 9.17) is 0 Å². The van der Waals surface area contributed by atoms with Crippen LogP contribution < -0.4 is 10.6 Å². The van der Waals surface area contributed by atoms with E-state index in [0.717, 1.165) is 5.69 Å². The van der Waals surface area contributed by atoms with Crippen molar-refractivity contribution in [3.8, 4) is 0 Å². The normalized spacial score (nSPS) is 11.6. The van der Waals surface area contributed by atoms with Gasteiger partial charge in [-0.05, 0) is 43.3 Å². The second kappa shape index (κ2) is 8.33. The first-order valence-electron chi connectivity index (χ1n) is 7.07. The van der Waals surface area contributed by atoms with Crippen LogP contribution in [0.5, 0.6) is 0 Å². The lowest BCUT2D eigenvalue weighted by Crippen LogP contribution is -2.25. The van der Waals surface area contributed by atoms with Gasteiger partial charge < -0.3 is 10.6 Å². The Morgan fingerprint density at radius 2 is 1.61 bits per heavy atom. The lowest BCUT2D eigenvalue weighted by Gasteiger charge is -2.12. The molecule has 0 aliphatic carbocycles. The van der Waals surface area contributed by atoms with Crippen molar-refractivity contribution < 1.29 is 14.0 Å². The highest BCUT2D eigenvalue weighted by Gasteiger charge is 2.15. The minimum Gasteiger partial charge on any atom is -0.325 e. The molecule has 4 nitrogen and oxygen atoms in total. The summed E-state index contributed by atoms with van der Waals surface area (Å²) in [4.78, 5) is 23.8. The number of rotatable bonds is 6. The van der Waals surface area contributed by atoms with Crippen molar-refractivity contribution in [3.05, 3.63) is 60.4 Å². The molecule has 0 aromatic heterocycles. The number of anilines is 2. The Morgan fingerprint density at radius 1 is 1.00 bits per heavy atom. The lowest BCUT2D eigenvalue weighted by atomic mass is 10.3. The van der Waals surface area contributed by atoms with Gasteiger partial charge in [0.25, 0.3) is 0 Å². The van der Waals surface area contributed by atoms with Crippen LogP contribution in [0.15, 0.2) is 54.6 Å². The average molecular weight is 332 g/mol. The van der Waals surface area contributed by atoms with Crippen molar-refractivity contribution in [1.82, 2.24) is 0 Å². The van der Waals surface area contributed by atoms with Gasteiger partial charge in [-0.2, -0.15) is 0 Å². The van der Waals surface area contributed by atoms with Gasteiger partial charge in [-0.25, -0.2) is 4.39 Å². The summed E-state index contributed by atoms with van der Waals surface area (Å²) in [6.07, 6.45) is 0. The first kappa shape index (κ1) is 17.0. The van der Waals surface area contributed by atoms with Crippen LogP contribution >= 0.6 is 11.8 Å². The zero-order valence-corrected chi connectivity index (χ0v) is 13.4. The first-order valence-corrected chi connectivity index (χ1v) is 8.12. The van der Waals surface area contributed by atoms with E-state index in [1.165, 1.54) is 36.0 Å². The zero-order valence-electron chi connectivity index (χ0n) is 12.6. The molecule has 0 aliphatic heterocycles. The molecule has 2 rings (SSSR count). The number of hydrogen-bond acceptors (Lipinski definition) is 3. The number of carbonyl (C=O) groups excluding carboxylic acids is 2. The van der Waals surface area contributed by atoms with E-state index >= 15 is 0 Å². The Hall–Kier alpha value is -2.34. The van der Waals surface area contributed by atoms with Gasteiger partial charge in [0, 0.05) is 11.4 Å². The highest BCUT2D eigenvalue weighted by atomic mass is 32.2. The molecule has 0 aliphatic rings. The second-order valence-electron chi connectivity index (χ2n) is 4.86. The molecule has 2 N–H and O–H groups in total. The fourth-order valence-electron chi connectivity index (χ4n) is 1.77. The molecule has 6 heteroatoms. The van der Waals surface area contributed by atoms with Crippen molar-refractivity contribution in [1.29, 1.82) is 0 Å². The topological polar surface area (TPSA) is 58.2 Å². The molecular formula is C17H17FN2O2S. The number of amides is 2. The molecular weight excluding hydrogens is 315 g/mol. The Kier molecular flexibility index (Phi) is 6.17. The van der Waals surface area contributed by atoms with Gasteiger partial charge in [0.05, 0.1) is 11.0 Å². The highest BCUT2D eigenvalue weighted by Crippen LogP contribution is 2.15. The third kappa shape index (κ3) is 5.75. The third-order valence-corrected chi connectivity index (χ3v) is 4.15. The average Bonchev–Trinajstić information content (AvgIpc) is 2.55. The number of carbonyl (C=O) groups is 2. The van der Waals surface area contributed by atoms with Gasteiger partial charge in [-0.1, -0.05) is 18.2 Å². The van der Waals surface area contributed by atoms with Crippen LogP contribution in [0.25, 0.3) is 0 Å². The molecule has 1 atom stereocenters. The number of nitrogens with one attached hydrogen (secondary N) is 2. The molecule has 0 heterocycles. The predicted molar refractivity (Wildman–Crippen MR) is 92.0 cm³/mol. The zero-order chi connectivity index (χ0) is 16.7. The van der Waals surface area contributed by atoms with Crippen molar-refractivity contribution >= 4 is 35.0 Å². The van der Waals surface area contributed by atoms with E-state index in [-0.39, 0.29) is 28.6 Å². The number of thioether (sulfide) groups is 1. The molecule has 0 bridgehead atoms. The number of para-hydroxylation sites is 1. The van der Waals surface area contributed by atoms with Crippen molar-refractivity contribution in [2.24, 2.45) is 0 Å². The summed E-state index contributed by atoms with van der Waals surface area (Å²) < 4.78 is 12.8. The van der Waals surface area contributed by atoms with Crippen LogP contribution in [0, 0.1) is 5.82 Å². The summed E-state index contributed by atoms with van der Waals surface area (Å²) in [5, 5.41) is 5.08. The number of benzene rings is 2. The Morgan fingerprint density at radius 3 is 2.26 bits per heavy atom. The number of hydrogen-bond donors (Lipinski definition) is 2. The molecule has 0 fully saturated rings. The van der Waals surface area contributed by atoms with E-state index in [1.54, 1.807) is 19.1 Å². The van der Waals surface area contributed by atoms with E-state index in [2.05, 4.69) is 10.6 Å². The largest absolute Gasteiger partial charge is 0.325 e. The molecule has 23 heavy (non-hydrogen) atoms. The van der Waals surface area contributed by atoms with Gasteiger partial charge in [-0.15, -0.1) is 11.8 Å². The van der Waals surface area contributed by atoms with E-state index in [9.17, 15) is 14.0 Å². The monoisotopic (exact) mass is 332 g/mol. The minimum atomic E-state index is -0.367. The summed E-state index contributed by atoms with van der Waals surface area (Å²) in [6, 6.07) is 14.7. The standard InChI is InChI=1S/C17H17FN2O2S/c1-12(17(22)20-14-5-3-2-4-6-14)23-11-16(21)19-15-9-7-13(18)8-10-15/h2-10,12H,11H2,1H3,(H,19,21)(H,20,22)/t12-/m0/s1. The second-order valence-corrected chi connectivity index (χ2v) is 6.19. The van der Waals surface area contributed by atoms with Crippen LogP contribution in [0.3, 0.4) is 0 Å². The fraction of sp³-hybridized carbons (Fsp3) is 0.176. The molecule has 2 amide bonds.